The highest BCUT2D eigenvalue weighted by atomic mass is 32.2. The van der Waals surface area contributed by atoms with Gasteiger partial charge in [-0.25, -0.2) is 17.9 Å². The molecule has 1 aliphatic rings. The van der Waals surface area contributed by atoms with E-state index in [2.05, 4.69) is 4.72 Å². The number of rotatable bonds is 5. The number of carboxylic acids is 1. The number of carboxylic acid groups (broad SMARTS) is 1. The van der Waals surface area contributed by atoms with E-state index in [0.29, 0.717) is 5.92 Å². The lowest BCUT2D eigenvalue weighted by molar-refractivity contribution is 0.0656. The summed E-state index contributed by atoms with van der Waals surface area (Å²) in [5, 5.41) is 8.36. The van der Waals surface area contributed by atoms with Crippen LogP contribution in [-0.2, 0) is 10.0 Å². The van der Waals surface area contributed by atoms with Crippen molar-refractivity contribution in [2.24, 2.45) is 5.92 Å². The van der Waals surface area contributed by atoms with Gasteiger partial charge in [0, 0.05) is 6.04 Å². The summed E-state index contributed by atoms with van der Waals surface area (Å²) in [4.78, 5) is 10.7. The molecule has 6 nitrogen and oxygen atoms in total. The third-order valence-corrected chi connectivity index (χ3v) is 4.94. The molecule has 106 valence electrons. The molecule has 1 saturated carbocycles. The number of nitrogens with one attached hydrogen (secondary N) is 1. The summed E-state index contributed by atoms with van der Waals surface area (Å²) in [5.41, 5.74) is 0. The number of carbonyl (C=O) groups is 1. The maximum Gasteiger partial charge on any atom is 0.371 e. The van der Waals surface area contributed by atoms with Crippen LogP contribution in [0.4, 0.5) is 0 Å². The normalized spacial score (nSPS) is 18.6. The molecule has 2 rings (SSSR count). The molecule has 0 saturated heterocycles. The van der Waals surface area contributed by atoms with Crippen LogP contribution in [-0.4, -0.2) is 25.5 Å². The van der Waals surface area contributed by atoms with Gasteiger partial charge in [0.15, 0.2) is 0 Å². The van der Waals surface area contributed by atoms with E-state index in [0.717, 1.165) is 37.8 Å². The molecule has 0 spiro atoms. The van der Waals surface area contributed by atoms with Crippen LogP contribution in [0, 0.1) is 5.92 Å². The number of furan rings is 1. The Morgan fingerprint density at radius 1 is 1.42 bits per heavy atom. The summed E-state index contributed by atoms with van der Waals surface area (Å²) >= 11 is 0. The van der Waals surface area contributed by atoms with Crippen molar-refractivity contribution in [2.45, 2.75) is 43.7 Å². The first-order valence-corrected chi connectivity index (χ1v) is 7.74. The van der Waals surface area contributed by atoms with E-state index < -0.39 is 16.0 Å². The van der Waals surface area contributed by atoms with Gasteiger partial charge >= 0.3 is 5.97 Å². The van der Waals surface area contributed by atoms with Crippen LogP contribution in [0.3, 0.4) is 0 Å². The Balaban J connectivity index is 2.10. The summed E-state index contributed by atoms with van der Waals surface area (Å²) in [7, 11) is -3.79. The van der Waals surface area contributed by atoms with Crippen LogP contribution < -0.4 is 4.72 Å². The summed E-state index contributed by atoms with van der Waals surface area (Å²) in [6.07, 6.45) is 4.28. The van der Waals surface area contributed by atoms with Gasteiger partial charge in [0.05, 0.1) is 0 Å². The quantitative estimate of drug-likeness (QED) is 0.861. The third-order valence-electron chi connectivity index (χ3n) is 3.50. The molecule has 1 unspecified atom stereocenters. The standard InChI is InChI=1S/C12H17NO5S/c1-8(9-4-2-3-5-9)13-19(16,17)11-7-6-10(18-11)12(14)15/h6-9,13H,2-5H2,1H3,(H,14,15). The first-order valence-electron chi connectivity index (χ1n) is 6.25. The van der Waals surface area contributed by atoms with E-state index in [1.54, 1.807) is 0 Å². The van der Waals surface area contributed by atoms with E-state index in [1.807, 2.05) is 6.92 Å². The minimum atomic E-state index is -3.79. The van der Waals surface area contributed by atoms with E-state index in [1.165, 1.54) is 0 Å². The highest BCUT2D eigenvalue weighted by Gasteiger charge is 2.28. The van der Waals surface area contributed by atoms with Crippen molar-refractivity contribution in [3.63, 3.8) is 0 Å². The lowest BCUT2D eigenvalue weighted by Crippen LogP contribution is -2.37. The lowest BCUT2D eigenvalue weighted by atomic mass is 10.0. The second-order valence-electron chi connectivity index (χ2n) is 4.88. The number of sulfonamides is 1. The highest BCUT2D eigenvalue weighted by molar-refractivity contribution is 7.89. The molecule has 0 aromatic carbocycles. The molecular weight excluding hydrogens is 270 g/mol. The van der Waals surface area contributed by atoms with Crippen molar-refractivity contribution >= 4 is 16.0 Å². The number of aromatic carboxylic acids is 1. The Morgan fingerprint density at radius 3 is 2.58 bits per heavy atom. The Labute approximate surface area is 111 Å². The van der Waals surface area contributed by atoms with Gasteiger partial charge in [-0.1, -0.05) is 12.8 Å². The minimum Gasteiger partial charge on any atom is -0.475 e. The molecule has 1 aliphatic carbocycles. The van der Waals surface area contributed by atoms with Gasteiger partial charge in [-0.3, -0.25) is 0 Å². The molecule has 0 bridgehead atoms. The van der Waals surface area contributed by atoms with E-state index in [9.17, 15) is 13.2 Å². The highest BCUT2D eigenvalue weighted by Crippen LogP contribution is 2.28. The minimum absolute atomic E-state index is 0.175. The molecule has 1 aromatic heterocycles. The number of hydrogen-bond acceptors (Lipinski definition) is 4. The summed E-state index contributed by atoms with van der Waals surface area (Å²) in [6, 6.07) is 2.12. The fourth-order valence-corrected chi connectivity index (χ4v) is 3.68. The van der Waals surface area contributed by atoms with E-state index >= 15 is 0 Å². The summed E-state index contributed by atoms with van der Waals surface area (Å²) in [5.74, 6) is -1.33. The van der Waals surface area contributed by atoms with Gasteiger partial charge in [-0.15, -0.1) is 0 Å². The first kappa shape index (κ1) is 14.1. The maximum atomic E-state index is 12.0. The van der Waals surface area contributed by atoms with Crippen molar-refractivity contribution in [3.8, 4) is 0 Å². The van der Waals surface area contributed by atoms with Crippen molar-refractivity contribution in [1.29, 1.82) is 0 Å². The molecule has 0 radical (unpaired) electrons. The van der Waals surface area contributed by atoms with Crippen LogP contribution in [0.15, 0.2) is 21.6 Å². The molecule has 0 amide bonds. The summed E-state index contributed by atoms with van der Waals surface area (Å²) < 4.78 is 31.5. The average Bonchev–Trinajstić information content (AvgIpc) is 3.00. The second kappa shape index (κ2) is 5.34. The molecule has 0 aliphatic heterocycles. The van der Waals surface area contributed by atoms with Crippen LogP contribution >= 0.6 is 0 Å². The maximum absolute atomic E-state index is 12.0. The monoisotopic (exact) mass is 287 g/mol. The largest absolute Gasteiger partial charge is 0.475 e. The summed E-state index contributed by atoms with van der Waals surface area (Å²) in [6.45, 7) is 1.83. The molecule has 1 atom stereocenters. The fraction of sp³-hybridized carbons (Fsp3) is 0.583. The van der Waals surface area contributed by atoms with Crippen LogP contribution in [0.2, 0.25) is 0 Å². The van der Waals surface area contributed by atoms with Crippen LogP contribution in [0.1, 0.15) is 43.2 Å². The van der Waals surface area contributed by atoms with Gasteiger partial charge in [-0.2, -0.15) is 0 Å². The van der Waals surface area contributed by atoms with E-state index in [4.69, 9.17) is 9.52 Å². The molecule has 1 heterocycles. The zero-order valence-electron chi connectivity index (χ0n) is 10.6. The molecule has 19 heavy (non-hydrogen) atoms. The predicted molar refractivity (Wildman–Crippen MR) is 67.4 cm³/mol. The topological polar surface area (TPSA) is 96.6 Å². The van der Waals surface area contributed by atoms with Gasteiger partial charge in [0.25, 0.3) is 10.0 Å². The smallest absolute Gasteiger partial charge is 0.371 e. The molecule has 1 fully saturated rings. The third kappa shape index (κ3) is 3.16. The van der Waals surface area contributed by atoms with Crippen molar-refractivity contribution < 1.29 is 22.7 Å². The van der Waals surface area contributed by atoms with Gasteiger partial charge in [0.1, 0.15) is 0 Å². The first-order chi connectivity index (χ1) is 8.90. The molecular formula is C12H17NO5S. The average molecular weight is 287 g/mol. The zero-order chi connectivity index (χ0) is 14.0. The molecule has 2 N–H and O–H groups in total. The van der Waals surface area contributed by atoms with Crippen molar-refractivity contribution in [2.75, 3.05) is 0 Å². The molecule has 7 heteroatoms. The van der Waals surface area contributed by atoms with Crippen molar-refractivity contribution in [3.05, 3.63) is 17.9 Å². The Kier molecular flexibility index (Phi) is 3.96. The Morgan fingerprint density at radius 2 is 2.05 bits per heavy atom. The van der Waals surface area contributed by atoms with Crippen LogP contribution in [0.5, 0.6) is 0 Å². The Bertz CT molecular complexity index is 556. The Hall–Kier alpha value is -1.34. The van der Waals surface area contributed by atoms with Gasteiger partial charge in [-0.05, 0) is 37.8 Å². The second-order valence-corrected chi connectivity index (χ2v) is 6.52. The zero-order valence-corrected chi connectivity index (χ0v) is 11.4. The van der Waals surface area contributed by atoms with Crippen LogP contribution in [0.25, 0.3) is 0 Å². The predicted octanol–water partition coefficient (Wildman–Crippen LogP) is 1.83. The van der Waals surface area contributed by atoms with Gasteiger partial charge in [0.2, 0.25) is 10.9 Å². The van der Waals surface area contributed by atoms with Crippen molar-refractivity contribution in [1.82, 2.24) is 4.72 Å². The molecule has 1 aromatic rings. The lowest BCUT2D eigenvalue weighted by Gasteiger charge is -2.19. The number of hydrogen-bond donors (Lipinski definition) is 2. The van der Waals surface area contributed by atoms with Gasteiger partial charge < -0.3 is 9.52 Å². The van der Waals surface area contributed by atoms with E-state index in [-0.39, 0.29) is 16.9 Å². The SMILES string of the molecule is CC(NS(=O)(=O)c1ccc(C(=O)O)o1)C1CCCC1. The fourth-order valence-electron chi connectivity index (χ4n) is 2.44.